The summed E-state index contributed by atoms with van der Waals surface area (Å²) >= 11 is 5.84. The molecule has 0 aliphatic rings. The highest BCUT2D eigenvalue weighted by Crippen LogP contribution is 2.19. The van der Waals surface area contributed by atoms with E-state index in [1.807, 2.05) is 25.1 Å². The molecular formula is C23H19ClN2O4. The normalized spacial score (nSPS) is 10.6. The number of para-hydroxylation sites is 2. The maximum Gasteiger partial charge on any atom is 0.343 e. The molecule has 7 heteroatoms. The van der Waals surface area contributed by atoms with Gasteiger partial charge in [0.05, 0.1) is 11.8 Å². The Balaban J connectivity index is 1.58. The van der Waals surface area contributed by atoms with Crippen LogP contribution in [-0.4, -0.2) is 24.7 Å². The van der Waals surface area contributed by atoms with E-state index in [1.54, 1.807) is 54.6 Å². The van der Waals surface area contributed by atoms with E-state index in [-0.39, 0.29) is 6.61 Å². The molecule has 0 unspecified atom stereocenters. The van der Waals surface area contributed by atoms with Crippen molar-refractivity contribution in [1.29, 1.82) is 0 Å². The van der Waals surface area contributed by atoms with Crippen molar-refractivity contribution in [2.45, 2.75) is 6.92 Å². The molecule has 3 rings (SSSR count). The number of ether oxygens (including phenoxy) is 2. The Hall–Kier alpha value is -3.64. The summed E-state index contributed by atoms with van der Waals surface area (Å²) in [6.07, 6.45) is 1.40. The number of amides is 1. The highest BCUT2D eigenvalue weighted by atomic mass is 35.5. The zero-order valence-corrected chi connectivity index (χ0v) is 16.9. The van der Waals surface area contributed by atoms with Crippen LogP contribution in [0.5, 0.6) is 11.5 Å². The average molecular weight is 423 g/mol. The van der Waals surface area contributed by atoms with E-state index in [2.05, 4.69) is 10.5 Å². The molecule has 0 radical (unpaired) electrons. The summed E-state index contributed by atoms with van der Waals surface area (Å²) in [5, 5.41) is 4.44. The van der Waals surface area contributed by atoms with Gasteiger partial charge in [0.25, 0.3) is 5.91 Å². The molecule has 0 atom stereocenters. The number of rotatable bonds is 7. The summed E-state index contributed by atoms with van der Waals surface area (Å²) in [7, 11) is 0. The highest BCUT2D eigenvalue weighted by molar-refractivity contribution is 6.30. The number of hydrogen-bond acceptors (Lipinski definition) is 5. The fraction of sp³-hybridized carbons (Fsp3) is 0.0870. The molecule has 0 saturated carbocycles. The fourth-order valence-electron chi connectivity index (χ4n) is 2.49. The van der Waals surface area contributed by atoms with E-state index in [9.17, 15) is 9.59 Å². The number of aryl methyl sites for hydroxylation is 1. The van der Waals surface area contributed by atoms with Crippen molar-refractivity contribution in [3.8, 4) is 11.5 Å². The summed E-state index contributed by atoms with van der Waals surface area (Å²) in [6, 6.07) is 20.6. The van der Waals surface area contributed by atoms with Crippen LogP contribution in [0.25, 0.3) is 0 Å². The first-order chi connectivity index (χ1) is 14.5. The van der Waals surface area contributed by atoms with Crippen LogP contribution in [0, 0.1) is 6.92 Å². The summed E-state index contributed by atoms with van der Waals surface area (Å²) in [4.78, 5) is 24.3. The number of nitrogens with zero attached hydrogens (tertiary/aromatic N) is 1. The second-order valence-corrected chi connectivity index (χ2v) is 6.72. The van der Waals surface area contributed by atoms with E-state index < -0.39 is 11.9 Å². The highest BCUT2D eigenvalue weighted by Gasteiger charge is 2.11. The predicted molar refractivity (Wildman–Crippen MR) is 115 cm³/mol. The fourth-order valence-corrected chi connectivity index (χ4v) is 2.62. The summed E-state index contributed by atoms with van der Waals surface area (Å²) < 4.78 is 10.9. The van der Waals surface area contributed by atoms with Gasteiger partial charge in [-0.05, 0) is 55.0 Å². The van der Waals surface area contributed by atoms with Crippen LogP contribution >= 0.6 is 11.6 Å². The van der Waals surface area contributed by atoms with Gasteiger partial charge in [-0.3, -0.25) is 4.79 Å². The van der Waals surface area contributed by atoms with Crippen molar-refractivity contribution in [1.82, 2.24) is 5.43 Å². The lowest BCUT2D eigenvalue weighted by Crippen LogP contribution is -2.24. The first kappa shape index (κ1) is 21.1. The quantitative estimate of drug-likeness (QED) is 0.265. The number of nitrogens with one attached hydrogen (secondary N) is 1. The molecule has 1 amide bonds. The van der Waals surface area contributed by atoms with Gasteiger partial charge in [0, 0.05) is 10.6 Å². The number of benzene rings is 3. The molecule has 0 aliphatic heterocycles. The molecule has 0 aromatic heterocycles. The number of carbonyl (C=O) groups is 2. The largest absolute Gasteiger partial charge is 0.483 e. The Bertz CT molecular complexity index is 1060. The van der Waals surface area contributed by atoms with Crippen LogP contribution in [0.3, 0.4) is 0 Å². The molecule has 3 aromatic rings. The average Bonchev–Trinajstić information content (AvgIpc) is 2.75. The van der Waals surface area contributed by atoms with E-state index in [4.69, 9.17) is 21.1 Å². The van der Waals surface area contributed by atoms with Crippen LogP contribution in [0.1, 0.15) is 21.5 Å². The summed E-state index contributed by atoms with van der Waals surface area (Å²) in [6.45, 7) is 1.73. The van der Waals surface area contributed by atoms with Gasteiger partial charge in [0.2, 0.25) is 0 Å². The Morgan fingerprint density at radius 2 is 1.63 bits per heavy atom. The molecule has 6 nitrogen and oxygen atoms in total. The van der Waals surface area contributed by atoms with E-state index in [1.165, 1.54) is 6.21 Å². The number of halogens is 1. The van der Waals surface area contributed by atoms with Crippen LogP contribution in [0.2, 0.25) is 5.02 Å². The molecule has 30 heavy (non-hydrogen) atoms. The molecular weight excluding hydrogens is 404 g/mol. The van der Waals surface area contributed by atoms with Crippen molar-refractivity contribution in [2.75, 3.05) is 6.61 Å². The minimum Gasteiger partial charge on any atom is -0.483 e. The molecule has 3 aromatic carbocycles. The predicted octanol–water partition coefficient (Wildman–Crippen LogP) is 4.40. The number of carbonyl (C=O) groups excluding carboxylic acids is 2. The zero-order valence-electron chi connectivity index (χ0n) is 16.2. The second kappa shape index (κ2) is 10.2. The molecule has 0 heterocycles. The molecule has 0 aliphatic carbocycles. The maximum absolute atomic E-state index is 12.3. The number of hydrogen-bond donors (Lipinski definition) is 1. The topological polar surface area (TPSA) is 77.0 Å². The molecule has 1 N–H and O–H groups in total. The Kier molecular flexibility index (Phi) is 7.19. The van der Waals surface area contributed by atoms with Crippen LogP contribution in [0.15, 0.2) is 77.9 Å². The van der Waals surface area contributed by atoms with E-state index in [0.29, 0.717) is 27.6 Å². The number of esters is 1. The Labute approximate surface area is 179 Å². The van der Waals surface area contributed by atoms with Gasteiger partial charge in [0.1, 0.15) is 11.5 Å². The first-order valence-electron chi connectivity index (χ1n) is 9.10. The molecule has 0 fully saturated rings. The monoisotopic (exact) mass is 422 g/mol. The molecule has 152 valence electrons. The Morgan fingerprint density at radius 3 is 2.37 bits per heavy atom. The molecule has 0 bridgehead atoms. The zero-order chi connectivity index (χ0) is 21.3. The third-order valence-corrected chi connectivity index (χ3v) is 4.30. The second-order valence-electron chi connectivity index (χ2n) is 6.28. The SMILES string of the molecule is Cc1ccccc1OCC(=O)NN=Cc1ccccc1OC(=O)c1ccc(Cl)cc1. The van der Waals surface area contributed by atoms with Gasteiger partial charge in [0.15, 0.2) is 6.61 Å². The summed E-state index contributed by atoms with van der Waals surface area (Å²) in [5.41, 5.74) is 4.22. The molecule has 0 saturated heterocycles. The molecule has 0 spiro atoms. The van der Waals surface area contributed by atoms with Crippen LogP contribution in [0.4, 0.5) is 0 Å². The van der Waals surface area contributed by atoms with Crippen molar-refractivity contribution in [3.63, 3.8) is 0 Å². The maximum atomic E-state index is 12.3. The van der Waals surface area contributed by atoms with Gasteiger partial charge < -0.3 is 9.47 Å². The van der Waals surface area contributed by atoms with Gasteiger partial charge in [-0.25, -0.2) is 10.2 Å². The van der Waals surface area contributed by atoms with Crippen LogP contribution in [-0.2, 0) is 4.79 Å². The van der Waals surface area contributed by atoms with E-state index >= 15 is 0 Å². The van der Waals surface area contributed by atoms with Gasteiger partial charge >= 0.3 is 5.97 Å². The minimum atomic E-state index is -0.525. The smallest absolute Gasteiger partial charge is 0.343 e. The lowest BCUT2D eigenvalue weighted by molar-refractivity contribution is -0.123. The first-order valence-corrected chi connectivity index (χ1v) is 9.48. The Morgan fingerprint density at radius 1 is 0.967 bits per heavy atom. The minimum absolute atomic E-state index is 0.171. The van der Waals surface area contributed by atoms with Gasteiger partial charge in [-0.2, -0.15) is 5.10 Å². The van der Waals surface area contributed by atoms with Crippen molar-refractivity contribution in [3.05, 3.63) is 94.5 Å². The lowest BCUT2D eigenvalue weighted by atomic mass is 10.2. The lowest BCUT2D eigenvalue weighted by Gasteiger charge is -2.08. The van der Waals surface area contributed by atoms with E-state index in [0.717, 1.165) is 5.56 Å². The van der Waals surface area contributed by atoms with Crippen LogP contribution < -0.4 is 14.9 Å². The standard InChI is InChI=1S/C23H19ClN2O4/c1-16-6-2-4-8-20(16)29-15-22(27)26-25-14-18-7-3-5-9-21(18)30-23(28)17-10-12-19(24)13-11-17/h2-14H,15H2,1H3,(H,26,27). The van der Waals surface area contributed by atoms with Crippen molar-refractivity contribution >= 4 is 29.7 Å². The van der Waals surface area contributed by atoms with Crippen molar-refractivity contribution < 1.29 is 19.1 Å². The van der Waals surface area contributed by atoms with Crippen molar-refractivity contribution in [2.24, 2.45) is 5.10 Å². The summed E-state index contributed by atoms with van der Waals surface area (Å²) in [5.74, 6) is 0.0102. The van der Waals surface area contributed by atoms with Gasteiger partial charge in [-0.15, -0.1) is 0 Å². The third-order valence-electron chi connectivity index (χ3n) is 4.05. The van der Waals surface area contributed by atoms with Gasteiger partial charge in [-0.1, -0.05) is 41.9 Å². The third kappa shape index (κ3) is 5.93. The number of hydrazone groups is 1.